The first-order chi connectivity index (χ1) is 15.8. The highest BCUT2D eigenvalue weighted by Gasteiger charge is 2.29. The second-order valence-electron chi connectivity index (χ2n) is 8.60. The predicted octanol–water partition coefficient (Wildman–Crippen LogP) is 2.80. The van der Waals surface area contributed by atoms with Gasteiger partial charge in [0.15, 0.2) is 0 Å². The average molecular weight is 490 g/mol. The van der Waals surface area contributed by atoms with E-state index in [1.807, 2.05) is 74.5 Å². The molecule has 0 aromatic heterocycles. The Labute approximate surface area is 208 Å². The van der Waals surface area contributed by atoms with Gasteiger partial charge in [-0.3, -0.25) is 9.59 Å². The van der Waals surface area contributed by atoms with Crippen molar-refractivity contribution < 1.29 is 19.1 Å². The van der Waals surface area contributed by atoms with E-state index in [-0.39, 0.29) is 30.7 Å². The van der Waals surface area contributed by atoms with E-state index >= 15 is 0 Å². The molecule has 0 aliphatic rings. The van der Waals surface area contributed by atoms with Crippen LogP contribution in [-0.4, -0.2) is 43.0 Å². The van der Waals surface area contributed by atoms with Crippen molar-refractivity contribution in [1.29, 1.82) is 0 Å². The first kappa shape index (κ1) is 29.1. The number of ether oxygens (including phenoxy) is 1. The SMILES string of the molecule is COC(=O)C(Cc1ccccc1)NC(=O)C(CC(C)C)NC(=O)C(N)CCc1ccccc1.Cl. The predicted molar refractivity (Wildman–Crippen MR) is 135 cm³/mol. The molecular weight excluding hydrogens is 454 g/mol. The number of hydrogen-bond acceptors (Lipinski definition) is 5. The maximum atomic E-state index is 13.1. The van der Waals surface area contributed by atoms with Crippen LogP contribution in [0.25, 0.3) is 0 Å². The molecule has 0 bridgehead atoms. The van der Waals surface area contributed by atoms with Gasteiger partial charge in [0.25, 0.3) is 0 Å². The van der Waals surface area contributed by atoms with Crippen LogP contribution in [0, 0.1) is 5.92 Å². The maximum Gasteiger partial charge on any atom is 0.328 e. The fourth-order valence-corrected chi connectivity index (χ4v) is 3.54. The fourth-order valence-electron chi connectivity index (χ4n) is 3.54. The summed E-state index contributed by atoms with van der Waals surface area (Å²) in [6, 6.07) is 16.7. The van der Waals surface area contributed by atoms with E-state index in [2.05, 4.69) is 10.6 Å². The molecule has 186 valence electrons. The Bertz CT molecular complexity index is 893. The summed E-state index contributed by atoms with van der Waals surface area (Å²) < 4.78 is 4.88. The molecule has 34 heavy (non-hydrogen) atoms. The summed E-state index contributed by atoms with van der Waals surface area (Å²) in [5.74, 6) is -1.21. The molecule has 3 unspecified atom stereocenters. The second-order valence-corrected chi connectivity index (χ2v) is 8.60. The molecule has 7 nitrogen and oxygen atoms in total. The normalized spacial score (nSPS) is 13.2. The Morgan fingerprint density at radius 2 is 1.38 bits per heavy atom. The molecule has 3 atom stereocenters. The first-order valence-electron chi connectivity index (χ1n) is 11.3. The molecule has 0 heterocycles. The molecular formula is C26H36ClN3O4. The first-order valence-corrected chi connectivity index (χ1v) is 11.3. The molecule has 0 aliphatic carbocycles. The van der Waals surface area contributed by atoms with Crippen LogP contribution >= 0.6 is 12.4 Å². The highest BCUT2D eigenvalue weighted by atomic mass is 35.5. The molecule has 2 amide bonds. The molecule has 2 aromatic rings. The number of nitrogens with two attached hydrogens (primary N) is 1. The molecule has 0 radical (unpaired) electrons. The Kier molecular flexibility index (Phi) is 12.9. The van der Waals surface area contributed by atoms with Gasteiger partial charge in [0.05, 0.1) is 13.2 Å². The van der Waals surface area contributed by atoms with E-state index in [1.165, 1.54) is 7.11 Å². The van der Waals surface area contributed by atoms with Gasteiger partial charge in [-0.1, -0.05) is 74.5 Å². The van der Waals surface area contributed by atoms with Crippen LogP contribution in [0.2, 0.25) is 0 Å². The van der Waals surface area contributed by atoms with Crippen LogP contribution in [0.15, 0.2) is 60.7 Å². The van der Waals surface area contributed by atoms with Crippen LogP contribution in [-0.2, 0) is 32.0 Å². The van der Waals surface area contributed by atoms with Gasteiger partial charge < -0.3 is 21.1 Å². The van der Waals surface area contributed by atoms with E-state index in [9.17, 15) is 14.4 Å². The van der Waals surface area contributed by atoms with Crippen LogP contribution in [0.5, 0.6) is 0 Å². The Hall–Kier alpha value is -2.90. The number of benzene rings is 2. The van der Waals surface area contributed by atoms with Gasteiger partial charge in [0.1, 0.15) is 12.1 Å². The van der Waals surface area contributed by atoms with Crippen molar-refractivity contribution in [2.75, 3.05) is 7.11 Å². The van der Waals surface area contributed by atoms with Gasteiger partial charge in [-0.05, 0) is 36.3 Å². The van der Waals surface area contributed by atoms with Gasteiger partial charge in [-0.15, -0.1) is 12.4 Å². The zero-order valence-electron chi connectivity index (χ0n) is 20.0. The van der Waals surface area contributed by atoms with Gasteiger partial charge in [0.2, 0.25) is 11.8 Å². The minimum atomic E-state index is -0.858. The van der Waals surface area contributed by atoms with E-state index < -0.39 is 30.0 Å². The topological polar surface area (TPSA) is 111 Å². The van der Waals surface area contributed by atoms with Gasteiger partial charge in [-0.25, -0.2) is 4.79 Å². The van der Waals surface area contributed by atoms with Crippen molar-refractivity contribution in [2.45, 2.75) is 57.7 Å². The van der Waals surface area contributed by atoms with Gasteiger partial charge in [0, 0.05) is 6.42 Å². The van der Waals surface area contributed by atoms with Crippen molar-refractivity contribution >= 4 is 30.2 Å². The van der Waals surface area contributed by atoms with Crippen molar-refractivity contribution in [1.82, 2.24) is 10.6 Å². The van der Waals surface area contributed by atoms with E-state index in [4.69, 9.17) is 10.5 Å². The second kappa shape index (κ2) is 15.1. The number of carbonyl (C=O) groups excluding carboxylic acids is 3. The van der Waals surface area contributed by atoms with Crippen molar-refractivity contribution in [3.63, 3.8) is 0 Å². The third-order valence-electron chi connectivity index (χ3n) is 5.35. The molecule has 2 rings (SSSR count). The minimum Gasteiger partial charge on any atom is -0.467 e. The van der Waals surface area contributed by atoms with E-state index in [1.54, 1.807) is 0 Å². The summed E-state index contributed by atoms with van der Waals surface area (Å²) in [6.45, 7) is 3.92. The Morgan fingerprint density at radius 1 is 0.853 bits per heavy atom. The molecule has 0 aliphatic heterocycles. The lowest BCUT2D eigenvalue weighted by atomic mass is 10.00. The van der Waals surface area contributed by atoms with Crippen LogP contribution < -0.4 is 16.4 Å². The fraction of sp³-hybridized carbons (Fsp3) is 0.423. The number of methoxy groups -OCH3 is 1. The highest BCUT2D eigenvalue weighted by Crippen LogP contribution is 2.10. The number of halogens is 1. The third-order valence-corrected chi connectivity index (χ3v) is 5.35. The molecule has 0 saturated carbocycles. The third kappa shape index (κ3) is 9.93. The van der Waals surface area contributed by atoms with Crippen molar-refractivity contribution in [3.05, 3.63) is 71.8 Å². The lowest BCUT2D eigenvalue weighted by molar-refractivity contribution is -0.145. The van der Waals surface area contributed by atoms with Gasteiger partial charge in [-0.2, -0.15) is 0 Å². The van der Waals surface area contributed by atoms with E-state index in [0.717, 1.165) is 11.1 Å². The summed E-state index contributed by atoms with van der Waals surface area (Å²) >= 11 is 0. The molecule has 0 saturated heterocycles. The summed E-state index contributed by atoms with van der Waals surface area (Å²) in [5, 5.41) is 5.54. The minimum absolute atomic E-state index is 0. The number of nitrogens with one attached hydrogen (secondary N) is 2. The number of carbonyl (C=O) groups is 3. The number of amides is 2. The molecule has 2 aromatic carbocycles. The number of esters is 1. The number of hydrogen-bond donors (Lipinski definition) is 3. The summed E-state index contributed by atoms with van der Waals surface area (Å²) in [7, 11) is 1.28. The zero-order chi connectivity index (χ0) is 24.2. The van der Waals surface area contributed by atoms with Gasteiger partial charge >= 0.3 is 5.97 Å². The largest absolute Gasteiger partial charge is 0.467 e. The molecule has 0 spiro atoms. The summed E-state index contributed by atoms with van der Waals surface area (Å²) in [6.07, 6.45) is 1.84. The highest BCUT2D eigenvalue weighted by molar-refractivity contribution is 5.92. The Balaban J connectivity index is 0.00000578. The van der Waals surface area contributed by atoms with Crippen molar-refractivity contribution in [3.8, 4) is 0 Å². The molecule has 8 heteroatoms. The Morgan fingerprint density at radius 3 is 1.91 bits per heavy atom. The van der Waals surface area contributed by atoms with Crippen LogP contribution in [0.4, 0.5) is 0 Å². The van der Waals surface area contributed by atoms with Crippen LogP contribution in [0.1, 0.15) is 37.8 Å². The lowest BCUT2D eigenvalue weighted by Gasteiger charge is -2.24. The van der Waals surface area contributed by atoms with Crippen molar-refractivity contribution in [2.24, 2.45) is 11.7 Å². The summed E-state index contributed by atoms with van der Waals surface area (Å²) in [4.78, 5) is 38.1. The average Bonchev–Trinajstić information content (AvgIpc) is 2.82. The maximum absolute atomic E-state index is 13.1. The smallest absolute Gasteiger partial charge is 0.328 e. The lowest BCUT2D eigenvalue weighted by Crippen LogP contribution is -2.55. The molecule has 0 fully saturated rings. The zero-order valence-corrected chi connectivity index (χ0v) is 20.8. The number of rotatable bonds is 12. The van der Waals surface area contributed by atoms with Crippen LogP contribution in [0.3, 0.4) is 0 Å². The standard InChI is InChI=1S/C26H35N3O4.ClH/c1-18(2)16-22(28-24(30)21(27)15-14-19-10-6-4-7-11-19)25(31)29-23(26(32)33-3)17-20-12-8-5-9-13-20;/h4-13,18,21-23H,14-17,27H2,1-3H3,(H,28,30)(H,29,31);1H. The number of aryl methyl sites for hydroxylation is 1. The molecule has 4 N–H and O–H groups in total. The quantitative estimate of drug-likeness (QED) is 0.397. The monoisotopic (exact) mass is 489 g/mol. The summed E-state index contributed by atoms with van der Waals surface area (Å²) in [5.41, 5.74) is 8.09. The van der Waals surface area contributed by atoms with E-state index in [0.29, 0.717) is 19.3 Å².